The number of urea groups is 1. The van der Waals surface area contributed by atoms with Crippen molar-refractivity contribution in [3.63, 3.8) is 0 Å². The number of amides is 2. The van der Waals surface area contributed by atoms with Gasteiger partial charge in [-0.3, -0.25) is 14.9 Å². The van der Waals surface area contributed by atoms with E-state index in [1.807, 2.05) is 5.32 Å². The summed E-state index contributed by atoms with van der Waals surface area (Å²) in [6.45, 7) is -3.49. The van der Waals surface area contributed by atoms with Crippen molar-refractivity contribution in [3.05, 3.63) is 69.8 Å². The molecule has 1 aliphatic heterocycles. The van der Waals surface area contributed by atoms with Crippen LogP contribution in [-0.4, -0.2) is 40.4 Å². The van der Waals surface area contributed by atoms with Crippen LogP contribution in [0, 0.1) is 16.0 Å². The van der Waals surface area contributed by atoms with E-state index in [0.717, 1.165) is 18.2 Å². The number of nitrogens with zero attached hydrogens (tertiary/aromatic N) is 1. The first-order valence-corrected chi connectivity index (χ1v) is 9.05. The highest BCUT2D eigenvalue weighted by molar-refractivity contribution is 6.00. The molecule has 2 aromatic rings. The van der Waals surface area contributed by atoms with Crippen LogP contribution in [0.15, 0.2) is 48.5 Å². The molecule has 0 aromatic heterocycles. The Balaban J connectivity index is 2.27. The van der Waals surface area contributed by atoms with Crippen molar-refractivity contribution in [1.82, 2.24) is 10.6 Å². The lowest BCUT2D eigenvalue weighted by molar-refractivity contribution is -0.385. The highest BCUT2D eigenvalue weighted by Crippen LogP contribution is 2.46. The van der Waals surface area contributed by atoms with Gasteiger partial charge in [-0.25, -0.2) is 4.79 Å². The van der Waals surface area contributed by atoms with Gasteiger partial charge in [-0.2, -0.15) is 22.0 Å². The number of hydrogen-bond donors (Lipinski definition) is 3. The lowest BCUT2D eigenvalue weighted by Gasteiger charge is -2.45. The van der Waals surface area contributed by atoms with E-state index in [2.05, 4.69) is 4.74 Å². The first-order chi connectivity index (χ1) is 15.3. The van der Waals surface area contributed by atoms with Crippen molar-refractivity contribution >= 4 is 17.5 Å². The molecule has 0 radical (unpaired) electrons. The summed E-state index contributed by atoms with van der Waals surface area (Å²) >= 11 is 0. The fourth-order valence-electron chi connectivity index (χ4n) is 3.48. The Kier molecular flexibility index (Phi) is 6.22. The summed E-state index contributed by atoms with van der Waals surface area (Å²) in [5, 5.41) is 24.9. The molecular formula is C19H14F5N3O6. The number of Topliss-reactive ketones (excluding diaryl/α,β-unsaturated/α-hetero) is 1. The molecule has 2 aromatic carbocycles. The average Bonchev–Trinajstić information content (AvgIpc) is 2.72. The molecule has 33 heavy (non-hydrogen) atoms. The van der Waals surface area contributed by atoms with E-state index in [-0.39, 0.29) is 5.56 Å². The minimum atomic E-state index is -5.61. The van der Waals surface area contributed by atoms with E-state index in [0.29, 0.717) is 12.1 Å². The topological polar surface area (TPSA) is 131 Å². The number of nitro groups is 1. The van der Waals surface area contributed by atoms with E-state index in [9.17, 15) is 46.8 Å². The first-order valence-electron chi connectivity index (χ1n) is 9.05. The summed E-state index contributed by atoms with van der Waals surface area (Å²) in [7, 11) is 0. The Morgan fingerprint density at radius 3 is 2.36 bits per heavy atom. The third kappa shape index (κ3) is 4.55. The highest BCUT2D eigenvalue weighted by atomic mass is 19.4. The summed E-state index contributed by atoms with van der Waals surface area (Å²) in [6.07, 6.45) is -5.61. The number of halogens is 5. The maximum absolute atomic E-state index is 13.9. The summed E-state index contributed by atoms with van der Waals surface area (Å²) in [4.78, 5) is 35.4. The van der Waals surface area contributed by atoms with Crippen molar-refractivity contribution in [3.8, 4) is 5.75 Å². The Hall–Kier alpha value is -3.81. The number of aliphatic hydroxyl groups is 1. The van der Waals surface area contributed by atoms with Gasteiger partial charge in [0.25, 0.3) is 5.69 Å². The number of hydrogen-bond acceptors (Lipinski definition) is 6. The van der Waals surface area contributed by atoms with Crippen molar-refractivity contribution in [2.24, 2.45) is 5.92 Å². The van der Waals surface area contributed by atoms with Crippen LogP contribution in [-0.2, 0) is 0 Å². The zero-order valence-corrected chi connectivity index (χ0v) is 16.2. The zero-order valence-electron chi connectivity index (χ0n) is 16.2. The smallest absolute Gasteiger partial charge is 0.434 e. The van der Waals surface area contributed by atoms with Crippen LogP contribution in [0.4, 0.5) is 32.4 Å². The van der Waals surface area contributed by atoms with Crippen LogP contribution < -0.4 is 15.4 Å². The Labute approximate surface area is 181 Å². The molecule has 2 amide bonds. The largest absolute Gasteiger partial charge is 0.437 e. The molecule has 1 fully saturated rings. The molecule has 0 spiro atoms. The number of carbonyl (C=O) groups is 2. The van der Waals surface area contributed by atoms with E-state index < -0.39 is 64.2 Å². The van der Waals surface area contributed by atoms with Crippen LogP contribution in [0.3, 0.4) is 0 Å². The molecule has 0 saturated carbocycles. The van der Waals surface area contributed by atoms with Gasteiger partial charge in [0.05, 0.1) is 11.0 Å². The number of non-ortho nitro benzene ring substituents is 1. The van der Waals surface area contributed by atoms with Gasteiger partial charge in [-0.15, -0.1) is 0 Å². The molecule has 9 nitrogen and oxygen atoms in total. The zero-order chi connectivity index (χ0) is 24.6. The predicted octanol–water partition coefficient (Wildman–Crippen LogP) is 3.30. The molecule has 1 aliphatic rings. The molecule has 1 saturated heterocycles. The van der Waals surface area contributed by atoms with Crippen molar-refractivity contribution in [2.45, 2.75) is 24.6 Å². The Bertz CT molecular complexity index is 1080. The van der Waals surface area contributed by atoms with Gasteiger partial charge in [0, 0.05) is 23.3 Å². The summed E-state index contributed by atoms with van der Waals surface area (Å²) in [5.74, 6) is -4.75. The standard InChI is InChI=1S/C19H14F5N3O6/c20-16(21)33-12-7-6-10(27(31)32)8-11(12)14-13(15(28)9-4-2-1-3-5-9)18(30,19(22,23)24)26-17(29)25-14/h1-8,13-14,16,30H,(H2,25,26,29)/t13-,14+,18-/m1/s1. The monoisotopic (exact) mass is 475 g/mol. The second-order valence-corrected chi connectivity index (χ2v) is 6.91. The second kappa shape index (κ2) is 8.61. The molecule has 1 heterocycles. The molecule has 3 rings (SSSR count). The van der Waals surface area contributed by atoms with Gasteiger partial charge in [0.15, 0.2) is 5.78 Å². The fraction of sp³-hybridized carbons (Fsp3) is 0.263. The number of nitro benzene ring substituents is 1. The van der Waals surface area contributed by atoms with Crippen molar-refractivity contribution < 1.29 is 46.3 Å². The van der Waals surface area contributed by atoms with Crippen molar-refractivity contribution in [1.29, 1.82) is 0 Å². The summed E-state index contributed by atoms with van der Waals surface area (Å²) in [6, 6.07) is 4.63. The van der Waals surface area contributed by atoms with E-state index in [1.54, 1.807) is 0 Å². The molecule has 0 unspecified atom stereocenters. The fourth-order valence-corrected chi connectivity index (χ4v) is 3.48. The molecular weight excluding hydrogens is 461 g/mol. The summed E-state index contributed by atoms with van der Waals surface area (Å²) < 4.78 is 71.9. The number of rotatable bonds is 6. The summed E-state index contributed by atoms with van der Waals surface area (Å²) in [5.41, 5.74) is -5.95. The van der Waals surface area contributed by atoms with Gasteiger partial charge >= 0.3 is 18.8 Å². The molecule has 3 atom stereocenters. The van der Waals surface area contributed by atoms with Gasteiger partial charge < -0.3 is 20.5 Å². The maximum Gasteiger partial charge on any atom is 0.437 e. The quantitative estimate of drug-likeness (QED) is 0.254. The van der Waals surface area contributed by atoms with Gasteiger partial charge in [-0.1, -0.05) is 30.3 Å². The second-order valence-electron chi connectivity index (χ2n) is 6.91. The van der Waals surface area contributed by atoms with Crippen LogP contribution in [0.2, 0.25) is 0 Å². The minimum absolute atomic E-state index is 0.310. The van der Waals surface area contributed by atoms with Gasteiger partial charge in [0.1, 0.15) is 11.7 Å². The number of alkyl halides is 5. The van der Waals surface area contributed by atoms with Gasteiger partial charge in [-0.05, 0) is 6.07 Å². The van der Waals surface area contributed by atoms with E-state index >= 15 is 0 Å². The molecule has 176 valence electrons. The maximum atomic E-state index is 13.9. The normalized spacial score (nSPS) is 22.9. The third-order valence-corrected chi connectivity index (χ3v) is 4.90. The Morgan fingerprint density at radius 2 is 1.82 bits per heavy atom. The van der Waals surface area contributed by atoms with Crippen LogP contribution in [0.5, 0.6) is 5.75 Å². The number of nitrogens with one attached hydrogen (secondary N) is 2. The van der Waals surface area contributed by atoms with E-state index in [4.69, 9.17) is 0 Å². The van der Waals surface area contributed by atoms with Crippen LogP contribution in [0.25, 0.3) is 0 Å². The number of ketones is 1. The van der Waals surface area contributed by atoms with Crippen molar-refractivity contribution in [2.75, 3.05) is 0 Å². The SMILES string of the molecule is O=C1N[C@@H](c2cc([N+](=O)[O-])ccc2OC(F)F)[C@H](C(=O)c2ccccc2)[C@@](O)(C(F)(F)F)N1. The third-order valence-electron chi connectivity index (χ3n) is 4.90. The lowest BCUT2D eigenvalue weighted by Crippen LogP contribution is -2.72. The molecule has 14 heteroatoms. The first kappa shape index (κ1) is 23.8. The lowest BCUT2D eigenvalue weighted by atomic mass is 9.77. The molecule has 0 bridgehead atoms. The Morgan fingerprint density at radius 1 is 1.18 bits per heavy atom. The van der Waals surface area contributed by atoms with Crippen LogP contribution in [0.1, 0.15) is 22.0 Å². The molecule has 0 aliphatic carbocycles. The predicted molar refractivity (Wildman–Crippen MR) is 99.4 cm³/mol. The number of carbonyl (C=O) groups excluding carboxylic acids is 2. The average molecular weight is 475 g/mol. The van der Waals surface area contributed by atoms with E-state index in [1.165, 1.54) is 23.5 Å². The highest BCUT2D eigenvalue weighted by Gasteiger charge is 2.66. The van der Waals surface area contributed by atoms with Crippen LogP contribution >= 0.6 is 0 Å². The minimum Gasteiger partial charge on any atom is -0.434 e. The molecule has 3 N–H and O–H groups in total. The number of ether oxygens (including phenoxy) is 1. The van der Waals surface area contributed by atoms with Gasteiger partial charge in [0.2, 0.25) is 5.72 Å². The number of benzene rings is 2.